The molecule has 0 saturated carbocycles. The van der Waals surface area contributed by atoms with Crippen molar-refractivity contribution in [3.8, 4) is 0 Å². The Labute approximate surface area is 116 Å². The molecule has 0 amide bonds. The van der Waals surface area contributed by atoms with Crippen molar-refractivity contribution in [3.63, 3.8) is 0 Å². The highest BCUT2D eigenvalue weighted by Gasteiger charge is 2.25. The van der Waals surface area contributed by atoms with Crippen molar-refractivity contribution in [2.45, 2.75) is 52.4 Å². The summed E-state index contributed by atoms with van der Waals surface area (Å²) in [6.45, 7) is 11.3. The van der Waals surface area contributed by atoms with Gasteiger partial charge in [0.15, 0.2) is 0 Å². The van der Waals surface area contributed by atoms with Gasteiger partial charge in [0, 0.05) is 31.4 Å². The van der Waals surface area contributed by atoms with Crippen molar-refractivity contribution in [2.75, 3.05) is 18.1 Å². The zero-order valence-electron chi connectivity index (χ0n) is 12.4. The molecule has 0 aromatic carbocycles. The maximum atomic E-state index is 5.70. The summed E-state index contributed by atoms with van der Waals surface area (Å²) in [7, 11) is 0. The summed E-state index contributed by atoms with van der Waals surface area (Å²) < 4.78 is 5.70. The lowest BCUT2D eigenvalue weighted by Gasteiger charge is -2.39. The number of rotatable bonds is 4. The fraction of sp³-hybridized carbons (Fsp3) is 0.667. The van der Waals surface area contributed by atoms with Crippen molar-refractivity contribution in [2.24, 2.45) is 0 Å². The second kappa shape index (κ2) is 6.35. The lowest BCUT2D eigenvalue weighted by atomic mass is 10.1. The number of pyridine rings is 1. The molecule has 4 heteroatoms. The van der Waals surface area contributed by atoms with E-state index in [0.29, 0.717) is 12.1 Å². The van der Waals surface area contributed by atoms with Gasteiger partial charge < -0.3 is 15.0 Å². The van der Waals surface area contributed by atoms with Crippen LogP contribution in [-0.2, 0) is 11.3 Å². The summed E-state index contributed by atoms with van der Waals surface area (Å²) >= 11 is 0. The van der Waals surface area contributed by atoms with Crippen molar-refractivity contribution < 1.29 is 4.74 Å². The number of anilines is 1. The summed E-state index contributed by atoms with van der Waals surface area (Å²) in [5.74, 6) is 0. The molecule has 1 aliphatic heterocycles. The van der Waals surface area contributed by atoms with Gasteiger partial charge in [-0.2, -0.15) is 0 Å². The number of morpholine rings is 1. The average Bonchev–Trinajstić information content (AvgIpc) is 2.39. The van der Waals surface area contributed by atoms with E-state index < -0.39 is 0 Å². The van der Waals surface area contributed by atoms with Crippen molar-refractivity contribution in [3.05, 3.63) is 24.0 Å². The number of aromatic nitrogens is 1. The van der Waals surface area contributed by atoms with Gasteiger partial charge in [-0.25, -0.2) is 0 Å². The molecule has 0 aliphatic carbocycles. The van der Waals surface area contributed by atoms with Gasteiger partial charge in [0.05, 0.1) is 24.6 Å². The lowest BCUT2D eigenvalue weighted by molar-refractivity contribution is 0.0343. The first kappa shape index (κ1) is 14.3. The molecule has 19 heavy (non-hydrogen) atoms. The number of ether oxygens (including phenoxy) is 1. The van der Waals surface area contributed by atoms with E-state index >= 15 is 0 Å². The Kier molecular flexibility index (Phi) is 4.77. The fourth-order valence-electron chi connectivity index (χ4n) is 2.38. The molecule has 2 rings (SSSR count). The Morgan fingerprint density at radius 1 is 1.47 bits per heavy atom. The smallest absolute Gasteiger partial charge is 0.0723 e. The molecule has 1 fully saturated rings. The first-order valence-corrected chi connectivity index (χ1v) is 7.12. The molecule has 2 unspecified atom stereocenters. The van der Waals surface area contributed by atoms with E-state index in [4.69, 9.17) is 4.74 Å². The summed E-state index contributed by atoms with van der Waals surface area (Å²) in [6, 6.07) is 3.00. The fourth-order valence-corrected chi connectivity index (χ4v) is 2.38. The molecule has 1 aliphatic rings. The SMILES string of the molecule is CC(C)NCc1ccncc1N1CC(C)OCC1C. The van der Waals surface area contributed by atoms with Crippen LogP contribution in [0.15, 0.2) is 18.5 Å². The highest BCUT2D eigenvalue weighted by Crippen LogP contribution is 2.24. The van der Waals surface area contributed by atoms with E-state index in [-0.39, 0.29) is 6.10 Å². The first-order chi connectivity index (χ1) is 9.08. The van der Waals surface area contributed by atoms with Gasteiger partial charge in [0.2, 0.25) is 0 Å². The van der Waals surface area contributed by atoms with E-state index in [1.807, 2.05) is 12.4 Å². The Bertz CT molecular complexity index is 408. The quantitative estimate of drug-likeness (QED) is 0.903. The van der Waals surface area contributed by atoms with E-state index in [1.165, 1.54) is 11.3 Å². The van der Waals surface area contributed by atoms with Crippen molar-refractivity contribution >= 4 is 5.69 Å². The molecule has 0 bridgehead atoms. The maximum absolute atomic E-state index is 5.70. The van der Waals surface area contributed by atoms with Crippen LogP contribution in [-0.4, -0.2) is 36.3 Å². The number of hydrogen-bond donors (Lipinski definition) is 1. The van der Waals surface area contributed by atoms with Gasteiger partial charge in [-0.1, -0.05) is 13.8 Å². The molecule has 0 spiro atoms. The van der Waals surface area contributed by atoms with Crippen LogP contribution < -0.4 is 10.2 Å². The highest BCUT2D eigenvalue weighted by atomic mass is 16.5. The maximum Gasteiger partial charge on any atom is 0.0723 e. The molecule has 1 aromatic heterocycles. The number of nitrogens with one attached hydrogen (secondary N) is 1. The van der Waals surface area contributed by atoms with E-state index in [9.17, 15) is 0 Å². The van der Waals surface area contributed by atoms with Crippen LogP contribution in [0.2, 0.25) is 0 Å². The second-order valence-corrected chi connectivity index (χ2v) is 5.69. The van der Waals surface area contributed by atoms with Gasteiger partial charge in [-0.05, 0) is 25.5 Å². The minimum Gasteiger partial charge on any atom is -0.375 e. The summed E-state index contributed by atoms with van der Waals surface area (Å²) in [6.07, 6.45) is 4.13. The van der Waals surface area contributed by atoms with Gasteiger partial charge >= 0.3 is 0 Å². The Morgan fingerprint density at radius 2 is 2.26 bits per heavy atom. The molecule has 1 aromatic rings. The highest BCUT2D eigenvalue weighted by molar-refractivity contribution is 5.53. The minimum atomic E-state index is 0.280. The van der Waals surface area contributed by atoms with Crippen LogP contribution in [0.4, 0.5) is 5.69 Å². The lowest BCUT2D eigenvalue weighted by Crippen LogP contribution is -2.48. The Morgan fingerprint density at radius 3 is 3.00 bits per heavy atom. The number of nitrogens with zero attached hydrogens (tertiary/aromatic N) is 2. The average molecular weight is 263 g/mol. The molecule has 0 radical (unpaired) electrons. The molecular formula is C15H25N3O. The van der Waals surface area contributed by atoms with Crippen molar-refractivity contribution in [1.82, 2.24) is 10.3 Å². The van der Waals surface area contributed by atoms with Gasteiger partial charge in [-0.15, -0.1) is 0 Å². The number of hydrogen-bond acceptors (Lipinski definition) is 4. The predicted molar refractivity (Wildman–Crippen MR) is 78.4 cm³/mol. The normalized spacial score (nSPS) is 23.9. The van der Waals surface area contributed by atoms with Crippen LogP contribution in [0, 0.1) is 0 Å². The molecule has 2 atom stereocenters. The topological polar surface area (TPSA) is 37.4 Å². The standard InChI is InChI=1S/C15H25N3O/c1-11(2)17-7-14-5-6-16-8-15(14)18-9-13(4)19-10-12(18)3/h5-6,8,11-13,17H,7,9-10H2,1-4H3. The zero-order valence-corrected chi connectivity index (χ0v) is 12.4. The Balaban J connectivity index is 2.18. The monoisotopic (exact) mass is 263 g/mol. The van der Waals surface area contributed by atoms with Crippen LogP contribution >= 0.6 is 0 Å². The summed E-state index contributed by atoms with van der Waals surface area (Å²) in [5.41, 5.74) is 2.54. The van der Waals surface area contributed by atoms with E-state index in [0.717, 1.165) is 19.7 Å². The molecule has 2 heterocycles. The molecule has 106 valence electrons. The van der Waals surface area contributed by atoms with E-state index in [2.05, 4.69) is 49.0 Å². The summed E-state index contributed by atoms with van der Waals surface area (Å²) in [4.78, 5) is 6.71. The van der Waals surface area contributed by atoms with Gasteiger partial charge in [-0.3, -0.25) is 4.98 Å². The van der Waals surface area contributed by atoms with Crippen LogP contribution in [0.25, 0.3) is 0 Å². The summed E-state index contributed by atoms with van der Waals surface area (Å²) in [5, 5.41) is 3.48. The van der Waals surface area contributed by atoms with Gasteiger partial charge in [0.25, 0.3) is 0 Å². The van der Waals surface area contributed by atoms with Gasteiger partial charge in [0.1, 0.15) is 0 Å². The Hall–Kier alpha value is -1.13. The third-order valence-electron chi connectivity index (χ3n) is 3.51. The van der Waals surface area contributed by atoms with Crippen LogP contribution in [0.1, 0.15) is 33.3 Å². The third-order valence-corrected chi connectivity index (χ3v) is 3.51. The second-order valence-electron chi connectivity index (χ2n) is 5.69. The van der Waals surface area contributed by atoms with E-state index in [1.54, 1.807) is 0 Å². The molecule has 4 nitrogen and oxygen atoms in total. The largest absolute Gasteiger partial charge is 0.375 e. The molecule has 1 saturated heterocycles. The molecular weight excluding hydrogens is 238 g/mol. The molecule has 1 N–H and O–H groups in total. The predicted octanol–water partition coefficient (Wildman–Crippen LogP) is 2.19. The minimum absolute atomic E-state index is 0.280. The first-order valence-electron chi connectivity index (χ1n) is 7.12. The van der Waals surface area contributed by atoms with Crippen LogP contribution in [0.3, 0.4) is 0 Å². The van der Waals surface area contributed by atoms with Crippen LogP contribution in [0.5, 0.6) is 0 Å². The third kappa shape index (κ3) is 3.67. The zero-order chi connectivity index (χ0) is 13.8. The van der Waals surface area contributed by atoms with Crippen molar-refractivity contribution in [1.29, 1.82) is 0 Å².